The smallest absolute Gasteiger partial charge is 0.337 e. The van der Waals surface area contributed by atoms with Gasteiger partial charge in [0.2, 0.25) is 5.91 Å². The number of nitrogens with zero attached hydrogens (tertiary/aromatic N) is 1. The summed E-state index contributed by atoms with van der Waals surface area (Å²) in [6.45, 7) is 6.06. The van der Waals surface area contributed by atoms with Crippen molar-refractivity contribution in [3.63, 3.8) is 0 Å². The Kier molecular flexibility index (Phi) is 6.89. The minimum Gasteiger partial charge on any atom is -0.337 e. The molecule has 1 saturated heterocycles. The predicted octanol–water partition coefficient (Wildman–Crippen LogP) is 3.13. The Hall–Kier alpha value is -1.27. The summed E-state index contributed by atoms with van der Waals surface area (Å²) in [6.07, 6.45) is -3.87. The molecule has 0 aromatic heterocycles. The van der Waals surface area contributed by atoms with E-state index in [-0.39, 0.29) is 30.3 Å². The van der Waals surface area contributed by atoms with Gasteiger partial charge in [0.1, 0.15) is 0 Å². The maximum absolute atomic E-state index is 12.5. The highest BCUT2D eigenvalue weighted by molar-refractivity contribution is 5.85. The molecule has 130 valence electrons. The molecule has 1 amide bonds. The number of halogens is 4. The molecule has 3 nitrogen and oxygen atoms in total. The van der Waals surface area contributed by atoms with Gasteiger partial charge in [0.15, 0.2) is 0 Å². The van der Waals surface area contributed by atoms with Crippen LogP contribution in [0.25, 0.3) is 0 Å². The van der Waals surface area contributed by atoms with Crippen molar-refractivity contribution in [3.8, 4) is 0 Å². The first-order valence-corrected chi connectivity index (χ1v) is 7.46. The molecule has 0 spiro atoms. The van der Waals surface area contributed by atoms with Gasteiger partial charge < -0.3 is 10.2 Å². The lowest BCUT2D eigenvalue weighted by molar-refractivity contribution is -0.138. The summed E-state index contributed by atoms with van der Waals surface area (Å²) in [6, 6.07) is 5.19. The van der Waals surface area contributed by atoms with E-state index in [1.807, 2.05) is 18.7 Å². The van der Waals surface area contributed by atoms with Crippen LogP contribution in [0.5, 0.6) is 0 Å². The molecule has 2 atom stereocenters. The molecule has 0 radical (unpaired) electrons. The Morgan fingerprint density at radius 1 is 1.35 bits per heavy atom. The summed E-state index contributed by atoms with van der Waals surface area (Å²) in [5.41, 5.74) is 0.0857. The third-order valence-electron chi connectivity index (χ3n) is 4.03. The zero-order valence-corrected chi connectivity index (χ0v) is 14.0. The van der Waals surface area contributed by atoms with Crippen molar-refractivity contribution in [1.82, 2.24) is 10.2 Å². The topological polar surface area (TPSA) is 32.3 Å². The van der Waals surface area contributed by atoms with Crippen LogP contribution in [-0.4, -0.2) is 36.5 Å². The van der Waals surface area contributed by atoms with Crippen LogP contribution in [0.1, 0.15) is 25.0 Å². The van der Waals surface area contributed by atoms with Gasteiger partial charge >= 0.3 is 6.18 Å². The maximum atomic E-state index is 12.5. The molecule has 1 aliphatic heterocycles. The molecule has 0 bridgehead atoms. The molecular weight excluding hydrogens is 329 g/mol. The molecule has 1 aromatic rings. The van der Waals surface area contributed by atoms with Crippen LogP contribution >= 0.6 is 12.4 Å². The van der Waals surface area contributed by atoms with Crippen LogP contribution < -0.4 is 5.32 Å². The molecule has 2 rings (SSSR count). The van der Waals surface area contributed by atoms with E-state index in [0.717, 1.165) is 30.8 Å². The van der Waals surface area contributed by atoms with E-state index in [4.69, 9.17) is 0 Å². The second-order valence-corrected chi connectivity index (χ2v) is 5.88. The fraction of sp³-hybridized carbons (Fsp3) is 0.562. The number of alkyl halides is 3. The molecule has 1 aromatic carbocycles. The SMILES string of the molecule is CC(Cc1ccc(C(F)(F)F)cc1)C(=O)N1CCNC[C@@H]1C.Cl. The highest BCUT2D eigenvalue weighted by Crippen LogP contribution is 2.29. The summed E-state index contributed by atoms with van der Waals surface area (Å²) in [5.74, 6) is -0.175. The Morgan fingerprint density at radius 2 is 1.96 bits per heavy atom. The lowest BCUT2D eigenvalue weighted by Gasteiger charge is -2.35. The van der Waals surface area contributed by atoms with E-state index in [1.54, 1.807) is 0 Å². The molecule has 1 N–H and O–H groups in total. The second-order valence-electron chi connectivity index (χ2n) is 5.88. The first kappa shape index (κ1) is 19.8. The van der Waals surface area contributed by atoms with Gasteiger partial charge in [-0.1, -0.05) is 19.1 Å². The van der Waals surface area contributed by atoms with Crippen LogP contribution in [0.4, 0.5) is 13.2 Å². The zero-order valence-electron chi connectivity index (χ0n) is 13.2. The van der Waals surface area contributed by atoms with Crippen molar-refractivity contribution in [1.29, 1.82) is 0 Å². The molecular formula is C16H22ClF3N2O. The monoisotopic (exact) mass is 350 g/mol. The van der Waals surface area contributed by atoms with Crippen molar-refractivity contribution in [3.05, 3.63) is 35.4 Å². The Morgan fingerprint density at radius 3 is 2.48 bits per heavy atom. The molecule has 1 aliphatic rings. The average molecular weight is 351 g/mol. The van der Waals surface area contributed by atoms with Gasteiger partial charge in [-0.05, 0) is 31.0 Å². The second kappa shape index (κ2) is 8.02. The fourth-order valence-corrected chi connectivity index (χ4v) is 2.72. The van der Waals surface area contributed by atoms with E-state index in [1.165, 1.54) is 12.1 Å². The van der Waals surface area contributed by atoms with E-state index >= 15 is 0 Å². The lowest BCUT2D eigenvalue weighted by atomic mass is 9.98. The van der Waals surface area contributed by atoms with E-state index in [9.17, 15) is 18.0 Å². The van der Waals surface area contributed by atoms with Gasteiger partial charge in [0.25, 0.3) is 0 Å². The number of carbonyl (C=O) groups is 1. The van der Waals surface area contributed by atoms with E-state index < -0.39 is 11.7 Å². The Labute approximate surface area is 140 Å². The molecule has 1 heterocycles. The van der Waals surface area contributed by atoms with Crippen molar-refractivity contribution in [2.45, 2.75) is 32.5 Å². The highest BCUT2D eigenvalue weighted by atomic mass is 35.5. The predicted molar refractivity (Wildman–Crippen MR) is 85.6 cm³/mol. The minimum absolute atomic E-state index is 0. The number of nitrogens with one attached hydrogen (secondary N) is 1. The molecule has 1 fully saturated rings. The van der Waals surface area contributed by atoms with Crippen LogP contribution in [0.2, 0.25) is 0 Å². The number of piperazine rings is 1. The van der Waals surface area contributed by atoms with Gasteiger partial charge in [-0.15, -0.1) is 12.4 Å². The van der Waals surface area contributed by atoms with Gasteiger partial charge in [0, 0.05) is 31.6 Å². The quantitative estimate of drug-likeness (QED) is 0.908. The molecule has 0 aliphatic carbocycles. The summed E-state index contributed by atoms with van der Waals surface area (Å²) < 4.78 is 37.6. The summed E-state index contributed by atoms with van der Waals surface area (Å²) in [5, 5.41) is 3.23. The third-order valence-corrected chi connectivity index (χ3v) is 4.03. The molecule has 1 unspecified atom stereocenters. The van der Waals surface area contributed by atoms with Gasteiger partial charge in [-0.3, -0.25) is 4.79 Å². The zero-order chi connectivity index (χ0) is 16.3. The summed E-state index contributed by atoms with van der Waals surface area (Å²) in [4.78, 5) is 14.3. The summed E-state index contributed by atoms with van der Waals surface area (Å²) in [7, 11) is 0. The van der Waals surface area contributed by atoms with Crippen molar-refractivity contribution >= 4 is 18.3 Å². The molecule has 23 heavy (non-hydrogen) atoms. The van der Waals surface area contributed by atoms with Crippen LogP contribution in [0, 0.1) is 5.92 Å². The van der Waals surface area contributed by atoms with Crippen LogP contribution in [0.3, 0.4) is 0 Å². The standard InChI is InChI=1S/C16H21F3N2O.ClH/c1-11(15(22)21-8-7-20-10-12(21)2)9-13-3-5-14(6-4-13)16(17,18)19;/h3-6,11-12,20H,7-10H2,1-2H3;1H/t11?,12-;/m0./s1. The largest absolute Gasteiger partial charge is 0.416 e. The fourth-order valence-electron chi connectivity index (χ4n) is 2.72. The number of rotatable bonds is 3. The van der Waals surface area contributed by atoms with E-state index in [2.05, 4.69) is 5.32 Å². The minimum atomic E-state index is -4.32. The summed E-state index contributed by atoms with van der Waals surface area (Å²) >= 11 is 0. The lowest BCUT2D eigenvalue weighted by Crippen LogP contribution is -2.53. The Bertz CT molecular complexity index is 519. The van der Waals surface area contributed by atoms with Crippen molar-refractivity contribution < 1.29 is 18.0 Å². The first-order valence-electron chi connectivity index (χ1n) is 7.46. The average Bonchev–Trinajstić information content (AvgIpc) is 2.46. The first-order chi connectivity index (χ1) is 10.3. The van der Waals surface area contributed by atoms with Gasteiger partial charge in [0.05, 0.1) is 5.56 Å². The maximum Gasteiger partial charge on any atom is 0.416 e. The number of carbonyl (C=O) groups excluding carboxylic acids is 1. The van der Waals surface area contributed by atoms with Gasteiger partial charge in [-0.25, -0.2) is 0 Å². The number of hydrogen-bond donors (Lipinski definition) is 1. The molecule has 7 heteroatoms. The highest BCUT2D eigenvalue weighted by Gasteiger charge is 2.30. The van der Waals surface area contributed by atoms with Crippen LogP contribution in [0.15, 0.2) is 24.3 Å². The van der Waals surface area contributed by atoms with Crippen molar-refractivity contribution in [2.24, 2.45) is 5.92 Å². The number of hydrogen-bond acceptors (Lipinski definition) is 2. The van der Waals surface area contributed by atoms with E-state index in [0.29, 0.717) is 13.0 Å². The normalized spacial score (nSPS) is 19.9. The number of benzene rings is 1. The number of amides is 1. The molecule has 0 saturated carbocycles. The van der Waals surface area contributed by atoms with Crippen LogP contribution in [-0.2, 0) is 17.4 Å². The van der Waals surface area contributed by atoms with Gasteiger partial charge in [-0.2, -0.15) is 13.2 Å². The third kappa shape index (κ3) is 5.11. The van der Waals surface area contributed by atoms with Crippen molar-refractivity contribution in [2.75, 3.05) is 19.6 Å². The Balaban J connectivity index is 0.00000264.